The van der Waals surface area contributed by atoms with Gasteiger partial charge in [0.1, 0.15) is 0 Å². The molecule has 0 aromatic rings. The third-order valence-electron chi connectivity index (χ3n) is 5.28. The lowest BCUT2D eigenvalue weighted by atomic mass is 10.2. The minimum atomic E-state index is -1.18. The number of hydrogen-bond acceptors (Lipinski definition) is 16. The fourth-order valence-corrected chi connectivity index (χ4v) is 3.69. The first kappa shape index (κ1) is 36.4. The van der Waals surface area contributed by atoms with Gasteiger partial charge in [-0.05, 0) is 0 Å². The Balaban J connectivity index is 6.01. The maximum atomic E-state index is 9.98. The fourth-order valence-electron chi connectivity index (χ4n) is 3.69. The molecule has 16 nitrogen and oxygen atoms in total. The lowest BCUT2D eigenvalue weighted by Gasteiger charge is -2.39. The van der Waals surface area contributed by atoms with Gasteiger partial charge >= 0.3 is 0 Å². The molecule has 0 bridgehead atoms. The molecule has 6 atom stereocenters. The van der Waals surface area contributed by atoms with E-state index in [0.717, 1.165) is 0 Å². The first-order valence-corrected chi connectivity index (χ1v) is 12.1. The van der Waals surface area contributed by atoms with E-state index < -0.39 is 76.3 Å². The van der Waals surface area contributed by atoms with Crippen molar-refractivity contribution in [1.82, 2.24) is 19.6 Å². The van der Waals surface area contributed by atoms with Gasteiger partial charge in [-0.3, -0.25) is 19.6 Å². The molecule has 0 aliphatic carbocycles. The van der Waals surface area contributed by atoms with Gasteiger partial charge in [-0.2, -0.15) is 0 Å². The van der Waals surface area contributed by atoms with Crippen LogP contribution in [0, 0.1) is 0 Å². The molecule has 0 saturated carbocycles. The second kappa shape index (κ2) is 21.2. The Kier molecular flexibility index (Phi) is 20.8. The molecule has 0 aliphatic heterocycles. The average molecular weight is 549 g/mol. The van der Waals surface area contributed by atoms with Crippen molar-refractivity contribution in [3.63, 3.8) is 0 Å². The van der Waals surface area contributed by atoms with Gasteiger partial charge in [0, 0.05) is 39.3 Å². The lowest BCUT2D eigenvalue weighted by Crippen LogP contribution is -2.55. The standard InChI is InChI=1S/C21H48N4O12/c26-7-16(32)1-22(2-17(33)8-27)13-25(14-23(3-18(34)9-28)4-19(35)10-29)15-24(5-20(36)11-30)6-21(37)12-31/h16-21,26-37H,1-15H2. The zero-order valence-corrected chi connectivity index (χ0v) is 21.2. The van der Waals surface area contributed by atoms with Crippen LogP contribution in [0.1, 0.15) is 0 Å². The van der Waals surface area contributed by atoms with Crippen LogP contribution in [0.3, 0.4) is 0 Å². The normalized spacial score (nSPS) is 17.5. The highest BCUT2D eigenvalue weighted by Gasteiger charge is 2.25. The molecule has 224 valence electrons. The van der Waals surface area contributed by atoms with E-state index in [0.29, 0.717) is 0 Å². The first-order valence-electron chi connectivity index (χ1n) is 12.1. The first-order chi connectivity index (χ1) is 17.5. The van der Waals surface area contributed by atoms with Crippen molar-refractivity contribution in [2.24, 2.45) is 0 Å². The summed E-state index contributed by atoms with van der Waals surface area (Å²) in [5, 5.41) is 116. The summed E-state index contributed by atoms with van der Waals surface area (Å²) in [6, 6.07) is 0. The molecule has 0 aromatic heterocycles. The summed E-state index contributed by atoms with van der Waals surface area (Å²) in [7, 11) is 0. The van der Waals surface area contributed by atoms with Crippen LogP contribution >= 0.6 is 0 Å². The zero-order chi connectivity index (χ0) is 28.4. The molecular formula is C21H48N4O12. The number of hydrogen-bond donors (Lipinski definition) is 12. The topological polar surface area (TPSA) is 256 Å². The van der Waals surface area contributed by atoms with Gasteiger partial charge in [-0.15, -0.1) is 0 Å². The van der Waals surface area contributed by atoms with Crippen LogP contribution in [-0.2, 0) is 0 Å². The van der Waals surface area contributed by atoms with Crippen LogP contribution in [0.4, 0.5) is 0 Å². The van der Waals surface area contributed by atoms with E-state index in [-0.39, 0.29) is 59.3 Å². The summed E-state index contributed by atoms with van der Waals surface area (Å²) in [6.07, 6.45) is -7.08. The van der Waals surface area contributed by atoms with Gasteiger partial charge in [0.05, 0.1) is 96.3 Å². The smallest absolute Gasteiger partial charge is 0.0897 e. The van der Waals surface area contributed by atoms with Gasteiger partial charge in [-0.25, -0.2) is 0 Å². The molecule has 0 spiro atoms. The summed E-state index contributed by atoms with van der Waals surface area (Å²) >= 11 is 0. The van der Waals surface area contributed by atoms with Crippen LogP contribution in [-0.4, -0.2) is 216 Å². The maximum Gasteiger partial charge on any atom is 0.0897 e. The molecule has 0 saturated heterocycles. The Morgan fingerprint density at radius 3 is 0.595 bits per heavy atom. The molecule has 0 rings (SSSR count). The van der Waals surface area contributed by atoms with Gasteiger partial charge in [0.2, 0.25) is 0 Å². The van der Waals surface area contributed by atoms with Gasteiger partial charge in [0.15, 0.2) is 0 Å². The summed E-state index contributed by atoms with van der Waals surface area (Å²) in [5.41, 5.74) is 0. The molecule has 0 heterocycles. The zero-order valence-electron chi connectivity index (χ0n) is 21.2. The van der Waals surface area contributed by atoms with E-state index in [2.05, 4.69) is 0 Å². The molecule has 37 heavy (non-hydrogen) atoms. The van der Waals surface area contributed by atoms with Crippen LogP contribution in [0.15, 0.2) is 0 Å². The Morgan fingerprint density at radius 1 is 0.297 bits per heavy atom. The van der Waals surface area contributed by atoms with E-state index in [4.69, 9.17) is 0 Å². The highest BCUT2D eigenvalue weighted by molar-refractivity contribution is 4.75. The van der Waals surface area contributed by atoms with Crippen molar-refractivity contribution in [2.45, 2.75) is 36.6 Å². The molecule has 16 heteroatoms. The molecule has 0 radical (unpaired) electrons. The molecular weight excluding hydrogens is 500 g/mol. The second-order valence-electron chi connectivity index (χ2n) is 9.22. The summed E-state index contributed by atoms with van der Waals surface area (Å²) < 4.78 is 0. The van der Waals surface area contributed by atoms with Crippen molar-refractivity contribution < 1.29 is 61.3 Å². The second-order valence-corrected chi connectivity index (χ2v) is 9.22. The highest BCUT2D eigenvalue weighted by Crippen LogP contribution is 2.07. The summed E-state index contributed by atoms with van der Waals surface area (Å²) in [4.78, 5) is 6.21. The van der Waals surface area contributed by atoms with Gasteiger partial charge in [-0.1, -0.05) is 0 Å². The van der Waals surface area contributed by atoms with Crippen molar-refractivity contribution in [2.75, 3.05) is 98.9 Å². The highest BCUT2D eigenvalue weighted by atomic mass is 16.3. The quantitative estimate of drug-likeness (QED) is 0.0500. The van der Waals surface area contributed by atoms with Crippen molar-refractivity contribution in [3.05, 3.63) is 0 Å². The third-order valence-corrected chi connectivity index (χ3v) is 5.28. The minimum absolute atomic E-state index is 0.0317. The molecule has 0 aromatic carbocycles. The number of aliphatic hydroxyl groups excluding tert-OH is 12. The summed E-state index contributed by atoms with van der Waals surface area (Å²) in [5.74, 6) is 0. The third kappa shape index (κ3) is 17.5. The van der Waals surface area contributed by atoms with E-state index in [9.17, 15) is 61.3 Å². The van der Waals surface area contributed by atoms with E-state index >= 15 is 0 Å². The van der Waals surface area contributed by atoms with E-state index in [1.54, 1.807) is 4.90 Å². The predicted octanol–water partition coefficient (Wildman–Crippen LogP) is -7.81. The lowest BCUT2D eigenvalue weighted by molar-refractivity contribution is -0.0540. The van der Waals surface area contributed by atoms with Crippen LogP contribution < -0.4 is 0 Å². The predicted molar refractivity (Wildman–Crippen MR) is 130 cm³/mol. The Morgan fingerprint density at radius 2 is 0.459 bits per heavy atom. The van der Waals surface area contributed by atoms with Gasteiger partial charge < -0.3 is 61.3 Å². The Bertz CT molecular complexity index is 436. The largest absolute Gasteiger partial charge is 0.394 e. The summed E-state index contributed by atoms with van der Waals surface area (Å²) in [6.45, 7) is -4.17. The van der Waals surface area contributed by atoms with Crippen LogP contribution in [0.5, 0.6) is 0 Å². The molecule has 0 aliphatic rings. The number of aliphatic hydroxyl groups is 12. The monoisotopic (exact) mass is 548 g/mol. The van der Waals surface area contributed by atoms with Crippen molar-refractivity contribution in [3.8, 4) is 0 Å². The average Bonchev–Trinajstić information content (AvgIpc) is 2.87. The molecule has 12 N–H and O–H groups in total. The fraction of sp³-hybridized carbons (Fsp3) is 1.00. The van der Waals surface area contributed by atoms with Crippen molar-refractivity contribution >= 4 is 0 Å². The Hall–Kier alpha value is -0.640. The van der Waals surface area contributed by atoms with Crippen LogP contribution in [0.2, 0.25) is 0 Å². The minimum Gasteiger partial charge on any atom is -0.394 e. The SMILES string of the molecule is OCC(O)CN(CC(O)CO)CN(CN(CC(O)CO)CC(O)CO)CN(CC(O)CO)CC(O)CO. The number of rotatable bonds is 24. The van der Waals surface area contributed by atoms with E-state index in [1.807, 2.05) is 0 Å². The van der Waals surface area contributed by atoms with Gasteiger partial charge in [0.25, 0.3) is 0 Å². The molecule has 0 amide bonds. The molecule has 0 fully saturated rings. The molecule has 6 unspecified atom stereocenters. The maximum absolute atomic E-state index is 9.98. The van der Waals surface area contributed by atoms with Crippen LogP contribution in [0.25, 0.3) is 0 Å². The Labute approximate surface area is 217 Å². The van der Waals surface area contributed by atoms with Crippen molar-refractivity contribution in [1.29, 1.82) is 0 Å². The number of nitrogens with zero attached hydrogens (tertiary/aromatic N) is 4. The van der Waals surface area contributed by atoms with E-state index in [1.165, 1.54) is 14.7 Å².